The third-order valence-electron chi connectivity index (χ3n) is 9.21. The highest BCUT2D eigenvalue weighted by Gasteiger charge is 2.29. The van der Waals surface area contributed by atoms with Gasteiger partial charge in [0.25, 0.3) is 11.8 Å². The van der Waals surface area contributed by atoms with E-state index in [0.717, 1.165) is 75.6 Å². The van der Waals surface area contributed by atoms with Crippen molar-refractivity contribution in [1.82, 2.24) is 35.7 Å². The molecule has 0 bridgehead atoms. The van der Waals surface area contributed by atoms with Crippen LogP contribution in [0.5, 0.6) is 0 Å². The van der Waals surface area contributed by atoms with E-state index in [2.05, 4.69) is 57.7 Å². The van der Waals surface area contributed by atoms with Gasteiger partial charge in [-0.15, -0.1) is 20.4 Å². The van der Waals surface area contributed by atoms with Crippen LogP contribution in [-0.2, 0) is 30.4 Å². The van der Waals surface area contributed by atoms with E-state index in [9.17, 15) is 14.4 Å². The molecule has 7 rings (SSSR count). The lowest BCUT2D eigenvalue weighted by atomic mass is 9.90. The van der Waals surface area contributed by atoms with Crippen LogP contribution in [0.2, 0.25) is 5.15 Å². The van der Waals surface area contributed by atoms with E-state index in [1.807, 2.05) is 39.0 Å². The van der Waals surface area contributed by atoms with E-state index in [0.29, 0.717) is 28.8 Å². The first-order valence-corrected chi connectivity index (χ1v) is 18.5. The Hall–Kier alpha value is -5.64. The predicted octanol–water partition coefficient (Wildman–Crippen LogP) is 5.31. The fourth-order valence-electron chi connectivity index (χ4n) is 6.77. The molecule has 0 spiro atoms. The number of anilines is 5. The molecule has 0 saturated heterocycles. The molecule has 0 unspecified atom stereocenters. The summed E-state index contributed by atoms with van der Waals surface area (Å²) in [5.41, 5.74) is 15.8. The normalized spacial score (nSPS) is 17.3. The number of halogens is 1. The van der Waals surface area contributed by atoms with E-state index in [-0.39, 0.29) is 28.6 Å². The number of carbonyl (C=O) groups excluding carboxylic acids is 3. The number of carbonyl (C=O) groups is 3. The summed E-state index contributed by atoms with van der Waals surface area (Å²) in [6.07, 6.45) is 9.55. The molecule has 54 heavy (non-hydrogen) atoms. The first-order valence-electron chi connectivity index (χ1n) is 18.1. The molecule has 4 heterocycles. The van der Waals surface area contributed by atoms with Crippen molar-refractivity contribution in [3.63, 3.8) is 0 Å². The number of nitrogens with one attached hydrogen (secondary N) is 4. The summed E-state index contributed by atoms with van der Waals surface area (Å²) >= 11 is 5.80. The molecule has 0 aliphatic heterocycles. The van der Waals surface area contributed by atoms with Gasteiger partial charge in [-0.1, -0.05) is 36.6 Å². The molecule has 3 aliphatic carbocycles. The molecule has 284 valence electrons. The minimum absolute atomic E-state index is 0.0386. The number of pyridine rings is 2. The molecular weight excluding hydrogens is 712 g/mol. The van der Waals surface area contributed by atoms with Gasteiger partial charge in [0.15, 0.2) is 22.4 Å². The molecule has 2 atom stereocenters. The molecule has 4 aromatic rings. The number of hydrogen-bond donors (Lipinski definition) is 6. The summed E-state index contributed by atoms with van der Waals surface area (Å²) in [5.74, 6) is 0.403. The highest BCUT2D eigenvalue weighted by molar-refractivity contribution is 6.29. The number of primary amides is 2. The van der Waals surface area contributed by atoms with Gasteiger partial charge < -0.3 is 37.5 Å². The summed E-state index contributed by atoms with van der Waals surface area (Å²) in [6, 6.07) is 10.9. The van der Waals surface area contributed by atoms with Crippen LogP contribution in [0.3, 0.4) is 0 Å². The Morgan fingerprint density at radius 3 is 1.80 bits per heavy atom. The summed E-state index contributed by atoms with van der Waals surface area (Å²) in [7, 11) is 0. The van der Waals surface area contributed by atoms with Crippen LogP contribution in [0.15, 0.2) is 36.4 Å². The summed E-state index contributed by atoms with van der Waals surface area (Å²) < 4.78 is 5.42. The zero-order valence-electron chi connectivity index (χ0n) is 30.5. The van der Waals surface area contributed by atoms with Crippen molar-refractivity contribution < 1.29 is 19.1 Å². The molecule has 1 fully saturated rings. The number of nitrogens with two attached hydrogens (primary N) is 2. The quantitative estimate of drug-likeness (QED) is 0.127. The minimum Gasteiger partial charge on any atom is -0.444 e. The second kappa shape index (κ2) is 16.6. The van der Waals surface area contributed by atoms with Gasteiger partial charge in [0.05, 0.1) is 17.4 Å². The molecule has 3 amide bonds. The van der Waals surface area contributed by atoms with Gasteiger partial charge in [-0.3, -0.25) is 9.59 Å². The molecule has 0 radical (unpaired) electrons. The highest BCUT2D eigenvalue weighted by atomic mass is 35.5. The number of amides is 3. The van der Waals surface area contributed by atoms with Crippen molar-refractivity contribution in [2.45, 2.75) is 103 Å². The maximum Gasteiger partial charge on any atom is 0.407 e. The average Bonchev–Trinajstić information content (AvgIpc) is 3.78. The Balaban J connectivity index is 0.000000210. The monoisotopic (exact) mass is 756 g/mol. The minimum atomic E-state index is -0.676. The zero-order chi connectivity index (χ0) is 38.4. The van der Waals surface area contributed by atoms with E-state index in [1.165, 1.54) is 17.2 Å². The second-order valence-corrected chi connectivity index (χ2v) is 14.9. The molecule has 1 saturated carbocycles. The molecule has 16 nitrogen and oxygen atoms in total. The van der Waals surface area contributed by atoms with Crippen molar-refractivity contribution in [3.8, 4) is 0 Å². The van der Waals surface area contributed by atoms with Crippen LogP contribution in [-0.4, -0.2) is 66.0 Å². The third-order valence-corrected chi connectivity index (χ3v) is 9.39. The largest absolute Gasteiger partial charge is 0.444 e. The number of ether oxygens (including phenoxy) is 1. The predicted molar refractivity (Wildman–Crippen MR) is 204 cm³/mol. The second-order valence-electron chi connectivity index (χ2n) is 14.5. The molecule has 4 aromatic heterocycles. The van der Waals surface area contributed by atoms with Crippen molar-refractivity contribution in [3.05, 3.63) is 75.5 Å². The number of rotatable bonds is 9. The number of aromatic nitrogens is 6. The Labute approximate surface area is 318 Å². The van der Waals surface area contributed by atoms with Crippen LogP contribution in [0, 0.1) is 0 Å². The summed E-state index contributed by atoms with van der Waals surface area (Å²) in [5, 5.41) is 28.3. The zero-order valence-corrected chi connectivity index (χ0v) is 31.3. The molecule has 8 N–H and O–H groups in total. The fourth-order valence-corrected chi connectivity index (χ4v) is 6.91. The fraction of sp³-hybridized carbons (Fsp3) is 0.432. The van der Waals surface area contributed by atoms with Gasteiger partial charge in [-0.2, -0.15) is 0 Å². The van der Waals surface area contributed by atoms with E-state index >= 15 is 0 Å². The smallest absolute Gasteiger partial charge is 0.407 e. The summed E-state index contributed by atoms with van der Waals surface area (Å²) in [6.45, 7) is 5.51. The maximum atomic E-state index is 12.3. The first-order chi connectivity index (χ1) is 25.8. The maximum absolute atomic E-state index is 12.3. The van der Waals surface area contributed by atoms with Gasteiger partial charge in [-0.25, -0.2) is 14.8 Å². The number of hydrogen-bond acceptors (Lipinski definition) is 13. The lowest BCUT2D eigenvalue weighted by Gasteiger charge is -2.33. The molecule has 17 heteroatoms. The lowest BCUT2D eigenvalue weighted by molar-refractivity contribution is 0.0488. The summed E-state index contributed by atoms with van der Waals surface area (Å²) in [4.78, 5) is 44.8. The first kappa shape index (κ1) is 38.1. The Bertz CT molecular complexity index is 2040. The van der Waals surface area contributed by atoms with Gasteiger partial charge in [0, 0.05) is 29.6 Å². The van der Waals surface area contributed by atoms with Crippen LogP contribution < -0.4 is 32.7 Å². The van der Waals surface area contributed by atoms with Gasteiger partial charge in [0.1, 0.15) is 17.2 Å². The SMILES string of the molecule is CC(C)(C)OC(=O)N[C@H]1CCCC[C@H]1Nc1cc(Nc2ccc3c(n2)CCC3)c(C(N)=O)nn1.NC(=O)c1nnc(Cl)cc1Nc1ccc2c(n1)CCC2. The average molecular weight is 757 g/mol. The molecule has 0 aromatic carbocycles. The van der Waals surface area contributed by atoms with E-state index < -0.39 is 23.5 Å². The Kier molecular flexibility index (Phi) is 11.7. The van der Waals surface area contributed by atoms with E-state index in [4.69, 9.17) is 27.8 Å². The topological polar surface area (TPSA) is 238 Å². The number of aryl methyl sites for hydroxylation is 4. The molecule has 3 aliphatic rings. The molecular formula is C37H45ClN12O4. The lowest BCUT2D eigenvalue weighted by Crippen LogP contribution is -2.49. The van der Waals surface area contributed by atoms with Crippen LogP contribution in [0.4, 0.5) is 33.6 Å². The van der Waals surface area contributed by atoms with Crippen molar-refractivity contribution in [2.24, 2.45) is 11.5 Å². The van der Waals surface area contributed by atoms with Crippen molar-refractivity contribution in [2.75, 3.05) is 16.0 Å². The van der Waals surface area contributed by atoms with E-state index in [1.54, 1.807) is 6.07 Å². The van der Waals surface area contributed by atoms with Crippen molar-refractivity contribution >= 4 is 58.3 Å². The van der Waals surface area contributed by atoms with Crippen LogP contribution >= 0.6 is 11.6 Å². The van der Waals surface area contributed by atoms with Crippen molar-refractivity contribution in [1.29, 1.82) is 0 Å². The number of fused-ring (bicyclic) bond motifs is 2. The standard InChI is InChI=1S/C24H33N7O3.C13H12ClN5O/c1-24(2,3)34-23(33)29-17-9-5-4-8-16(17)27-20-13-18(21(22(25)32)31-30-20)28-19-12-11-14-7-6-10-15(14)26-19;14-10-6-9(12(13(15)20)19-18-10)17-11-5-4-7-2-1-3-8(7)16-11/h11-13,16-17H,4-10H2,1-3H3,(H2,25,32)(H,29,33)(H2,26,27,28,30);4-6H,1-3H2,(H2,15,20)(H,16,17,18)/t16-,17+;/m1./s1. The number of alkyl carbamates (subject to hydrolysis) is 1. The van der Waals surface area contributed by atoms with Gasteiger partial charge in [-0.05, 0) is 95.4 Å². The van der Waals surface area contributed by atoms with Gasteiger partial charge in [0.2, 0.25) is 0 Å². The van der Waals surface area contributed by atoms with Crippen LogP contribution in [0.25, 0.3) is 0 Å². The Morgan fingerprint density at radius 1 is 0.704 bits per heavy atom. The van der Waals surface area contributed by atoms with Gasteiger partial charge >= 0.3 is 6.09 Å². The van der Waals surface area contributed by atoms with Crippen LogP contribution in [0.1, 0.15) is 103 Å². The third kappa shape index (κ3) is 9.86. The Morgan fingerprint density at radius 2 is 1.24 bits per heavy atom. The highest BCUT2D eigenvalue weighted by Crippen LogP contribution is 2.28. The number of nitrogens with zero attached hydrogens (tertiary/aromatic N) is 6.